The van der Waals surface area contributed by atoms with E-state index in [2.05, 4.69) is 32.3 Å². The van der Waals surface area contributed by atoms with Crippen LogP contribution in [-0.4, -0.2) is 23.0 Å². The van der Waals surface area contributed by atoms with Crippen molar-refractivity contribution in [3.63, 3.8) is 0 Å². The number of piperidine rings is 1. The lowest BCUT2D eigenvalue weighted by Crippen LogP contribution is -2.44. The maximum Gasteiger partial charge on any atom is 0.245 e. The van der Waals surface area contributed by atoms with E-state index in [4.69, 9.17) is 5.73 Å². The van der Waals surface area contributed by atoms with Crippen molar-refractivity contribution in [2.24, 2.45) is 17.6 Å². The molecule has 2 heteroatoms. The van der Waals surface area contributed by atoms with Crippen LogP contribution < -0.4 is 5.73 Å². The molecule has 2 N–H and O–H groups in total. The lowest BCUT2D eigenvalue weighted by Gasteiger charge is -2.29. The largest absolute Gasteiger partial charge is 0.291 e. The monoisotopic (exact) mass is 197 g/mol. The van der Waals surface area contributed by atoms with Crippen LogP contribution in [0.1, 0.15) is 47.0 Å². The molecule has 0 aromatic rings. The number of amidine groups is 1. The van der Waals surface area contributed by atoms with E-state index in [9.17, 15) is 0 Å². The van der Waals surface area contributed by atoms with Gasteiger partial charge in [-0.05, 0) is 25.2 Å². The molecule has 1 atom stereocenters. The minimum absolute atomic E-state index is 0.481. The summed E-state index contributed by atoms with van der Waals surface area (Å²) in [5, 5.41) is 0. The average Bonchev–Trinajstić information content (AvgIpc) is 2.16. The van der Waals surface area contributed by atoms with E-state index in [0.29, 0.717) is 17.9 Å². The maximum atomic E-state index is 6.16. The van der Waals surface area contributed by atoms with Crippen LogP contribution in [0.2, 0.25) is 0 Å². The highest BCUT2D eigenvalue weighted by atomic mass is 15.1. The van der Waals surface area contributed by atoms with Crippen LogP contribution in [0.3, 0.4) is 0 Å². The Hall–Kier alpha value is -0.530. The Morgan fingerprint density at radius 1 is 1.21 bits per heavy atom. The average molecular weight is 197 g/mol. The van der Waals surface area contributed by atoms with E-state index in [1.54, 1.807) is 0 Å². The normalized spacial score (nSPS) is 27.1. The Kier molecular flexibility index (Phi) is 3.97. The smallest absolute Gasteiger partial charge is 0.245 e. The molecule has 0 aliphatic carbocycles. The Balaban J connectivity index is 2.87. The highest BCUT2D eigenvalue weighted by Crippen LogP contribution is 2.20. The van der Waals surface area contributed by atoms with Gasteiger partial charge >= 0.3 is 0 Å². The third kappa shape index (κ3) is 2.49. The minimum Gasteiger partial charge on any atom is -0.291 e. The van der Waals surface area contributed by atoms with Crippen LogP contribution in [0.5, 0.6) is 0 Å². The topological polar surface area (TPSA) is 29.0 Å². The molecule has 1 heterocycles. The fourth-order valence-electron chi connectivity index (χ4n) is 2.30. The predicted molar refractivity (Wildman–Crippen MR) is 61.6 cm³/mol. The van der Waals surface area contributed by atoms with E-state index in [1.807, 2.05) is 0 Å². The first-order chi connectivity index (χ1) is 6.54. The molecule has 1 aliphatic heterocycles. The van der Waals surface area contributed by atoms with Gasteiger partial charge < -0.3 is 0 Å². The zero-order valence-corrected chi connectivity index (χ0v) is 10.1. The highest BCUT2D eigenvalue weighted by molar-refractivity contribution is 5.77. The van der Waals surface area contributed by atoms with Crippen LogP contribution in [-0.2, 0) is 0 Å². The van der Waals surface area contributed by atoms with Crippen molar-refractivity contribution < 1.29 is 4.58 Å². The summed E-state index contributed by atoms with van der Waals surface area (Å²) in [7, 11) is 0. The number of hydrogen-bond acceptors (Lipinski definition) is 0. The molecule has 0 amide bonds. The van der Waals surface area contributed by atoms with Crippen molar-refractivity contribution in [3.8, 4) is 0 Å². The number of rotatable bonds is 2. The molecule has 0 aromatic carbocycles. The van der Waals surface area contributed by atoms with Crippen LogP contribution in [0.4, 0.5) is 0 Å². The van der Waals surface area contributed by atoms with Gasteiger partial charge in [0, 0.05) is 0 Å². The van der Waals surface area contributed by atoms with Gasteiger partial charge in [0.15, 0.2) is 0 Å². The van der Waals surface area contributed by atoms with Gasteiger partial charge in [0.05, 0.1) is 18.5 Å². The van der Waals surface area contributed by atoms with Gasteiger partial charge in [0.25, 0.3) is 0 Å². The van der Waals surface area contributed by atoms with E-state index in [-0.39, 0.29) is 0 Å². The van der Waals surface area contributed by atoms with Crippen molar-refractivity contribution >= 4 is 5.84 Å². The minimum atomic E-state index is 0.481. The Labute approximate surface area is 88.2 Å². The third-order valence-corrected chi connectivity index (χ3v) is 3.24. The molecule has 0 aromatic heterocycles. The molecule has 0 radical (unpaired) electrons. The summed E-state index contributed by atoms with van der Waals surface area (Å²) in [6.45, 7) is 10.1. The fourth-order valence-corrected chi connectivity index (χ4v) is 2.30. The van der Waals surface area contributed by atoms with Gasteiger partial charge in [-0.1, -0.05) is 27.7 Å². The summed E-state index contributed by atoms with van der Waals surface area (Å²) in [5.41, 5.74) is 6.16. The van der Waals surface area contributed by atoms with Gasteiger partial charge in [-0.15, -0.1) is 0 Å². The molecule has 0 bridgehead atoms. The molecule has 0 saturated carbocycles. The van der Waals surface area contributed by atoms with Crippen LogP contribution in [0, 0.1) is 11.8 Å². The van der Waals surface area contributed by atoms with Crippen molar-refractivity contribution in [2.45, 2.75) is 53.0 Å². The molecule has 1 unspecified atom stereocenters. The maximum absolute atomic E-state index is 6.16. The van der Waals surface area contributed by atoms with Crippen molar-refractivity contribution in [3.05, 3.63) is 0 Å². The summed E-state index contributed by atoms with van der Waals surface area (Å²) in [6.07, 6.45) is 3.98. The number of hydrogen-bond donors (Lipinski definition) is 1. The van der Waals surface area contributed by atoms with Gasteiger partial charge in [0.2, 0.25) is 5.84 Å². The van der Waals surface area contributed by atoms with Crippen LogP contribution in [0.25, 0.3) is 0 Å². The first-order valence-corrected chi connectivity index (χ1v) is 5.93. The summed E-state index contributed by atoms with van der Waals surface area (Å²) in [4.78, 5) is 0. The van der Waals surface area contributed by atoms with E-state index in [1.165, 1.54) is 19.3 Å². The Morgan fingerprint density at radius 2 is 1.86 bits per heavy atom. The highest BCUT2D eigenvalue weighted by Gasteiger charge is 2.27. The number of nitrogens with zero attached hydrogens (tertiary/aromatic N) is 1. The summed E-state index contributed by atoms with van der Waals surface area (Å²) in [5.74, 6) is 2.28. The third-order valence-electron chi connectivity index (χ3n) is 3.24. The van der Waals surface area contributed by atoms with E-state index in [0.717, 1.165) is 12.4 Å². The predicted octanol–water partition coefficient (Wildman–Crippen LogP) is 2.22. The quantitative estimate of drug-likeness (QED) is 0.534. The molecule has 2 nitrogen and oxygen atoms in total. The standard InChI is InChI=1S/C12H24N2/c1-9(2)11-7-5-6-8-14(11)12(13)10(3)4/h9-11,13H,5-8H2,1-4H3/p+1. The summed E-state index contributed by atoms with van der Waals surface area (Å²) < 4.78 is 2.44. The molecule has 1 saturated heterocycles. The van der Waals surface area contributed by atoms with Gasteiger partial charge in [0.1, 0.15) is 0 Å². The molecule has 1 rings (SSSR count). The molecule has 14 heavy (non-hydrogen) atoms. The lowest BCUT2D eigenvalue weighted by atomic mass is 9.93. The lowest BCUT2D eigenvalue weighted by molar-refractivity contribution is -0.586. The second-order valence-corrected chi connectivity index (χ2v) is 5.08. The summed E-state index contributed by atoms with van der Waals surface area (Å²) >= 11 is 0. The van der Waals surface area contributed by atoms with Gasteiger partial charge in [-0.2, -0.15) is 0 Å². The second-order valence-electron chi connectivity index (χ2n) is 5.08. The van der Waals surface area contributed by atoms with Crippen LogP contribution in [0.15, 0.2) is 0 Å². The SMILES string of the molecule is CC(C)C(N)=[N+]1CCCCC1C(C)C. The van der Waals surface area contributed by atoms with Crippen molar-refractivity contribution in [1.29, 1.82) is 0 Å². The number of nitrogens with two attached hydrogens (primary N) is 1. The van der Waals surface area contributed by atoms with E-state index >= 15 is 0 Å². The fraction of sp³-hybridized carbons (Fsp3) is 0.917. The second kappa shape index (κ2) is 4.81. The van der Waals surface area contributed by atoms with Crippen molar-refractivity contribution in [2.75, 3.05) is 6.54 Å². The molecule has 1 fully saturated rings. The van der Waals surface area contributed by atoms with Gasteiger partial charge in [-0.3, -0.25) is 10.3 Å². The Morgan fingerprint density at radius 3 is 2.36 bits per heavy atom. The zero-order valence-electron chi connectivity index (χ0n) is 10.1. The molecule has 1 aliphatic rings. The van der Waals surface area contributed by atoms with Crippen molar-refractivity contribution in [1.82, 2.24) is 0 Å². The molecular formula is C12H25N2+. The molecule has 82 valence electrons. The molecule has 0 spiro atoms. The molecular weight excluding hydrogens is 172 g/mol. The zero-order chi connectivity index (χ0) is 10.7. The Bertz CT molecular complexity index is 216. The van der Waals surface area contributed by atoms with Gasteiger partial charge in [-0.25, -0.2) is 0 Å². The van der Waals surface area contributed by atoms with E-state index < -0.39 is 0 Å². The van der Waals surface area contributed by atoms with Crippen LogP contribution >= 0.6 is 0 Å². The first kappa shape index (κ1) is 11.5. The summed E-state index contributed by atoms with van der Waals surface area (Å²) in [6, 6.07) is 0.672. The first-order valence-electron chi connectivity index (χ1n) is 5.93.